The lowest BCUT2D eigenvalue weighted by molar-refractivity contribution is 0.0326. The van der Waals surface area contributed by atoms with Crippen molar-refractivity contribution < 1.29 is 4.79 Å². The molecule has 0 spiro atoms. The number of carbonyl (C=O) groups is 1. The molecule has 1 aliphatic carbocycles. The minimum Gasteiger partial charge on any atom is -0.349 e. The zero-order chi connectivity index (χ0) is 18.5. The van der Waals surface area contributed by atoms with Gasteiger partial charge in [-0.15, -0.1) is 0 Å². The van der Waals surface area contributed by atoms with Gasteiger partial charge in [-0.05, 0) is 64.2 Å². The third-order valence-corrected chi connectivity index (χ3v) is 6.88. The van der Waals surface area contributed by atoms with Crippen LogP contribution < -0.4 is 10.6 Å². The van der Waals surface area contributed by atoms with Crippen molar-refractivity contribution in [1.29, 1.82) is 0 Å². The first-order valence-electron chi connectivity index (χ1n) is 11.1. The molecule has 1 unspecified atom stereocenters. The molecular weight excluding hydrogens is 338 g/mol. The molecule has 1 amide bonds. The number of piperidine rings is 2. The predicted molar refractivity (Wildman–Crippen MR) is 107 cm³/mol. The molecule has 1 aromatic heterocycles. The van der Waals surface area contributed by atoms with Gasteiger partial charge in [-0.2, -0.15) is 5.10 Å². The standard InChI is InChI=1S/C21H35N5O/c27-20(19-9-15-26(24-19)18-8-7-12-22-16-18)23-17-21(10-3-1-4-11-21)25-13-5-2-6-14-25/h9,15,18,22H,1-8,10-14,16-17H2,(H,23,27). The van der Waals surface area contributed by atoms with Gasteiger partial charge in [0.1, 0.15) is 5.69 Å². The number of nitrogens with zero attached hydrogens (tertiary/aromatic N) is 3. The van der Waals surface area contributed by atoms with Gasteiger partial charge in [0.05, 0.1) is 6.04 Å². The molecule has 1 saturated carbocycles. The smallest absolute Gasteiger partial charge is 0.271 e. The van der Waals surface area contributed by atoms with Crippen LogP contribution in [0, 0.1) is 0 Å². The van der Waals surface area contributed by atoms with Crippen molar-refractivity contribution in [1.82, 2.24) is 25.3 Å². The summed E-state index contributed by atoms with van der Waals surface area (Å²) in [5.74, 6) is -0.0144. The Balaban J connectivity index is 1.38. The molecular formula is C21H35N5O. The molecule has 2 saturated heterocycles. The Hall–Kier alpha value is -1.40. The first-order valence-corrected chi connectivity index (χ1v) is 11.1. The number of likely N-dealkylation sites (tertiary alicyclic amines) is 1. The molecule has 27 heavy (non-hydrogen) atoms. The number of amides is 1. The second-order valence-electron chi connectivity index (χ2n) is 8.70. The summed E-state index contributed by atoms with van der Waals surface area (Å²) in [6.45, 7) is 5.19. The quantitative estimate of drug-likeness (QED) is 0.833. The third kappa shape index (κ3) is 4.37. The maximum Gasteiger partial charge on any atom is 0.271 e. The number of rotatable bonds is 5. The van der Waals surface area contributed by atoms with E-state index in [-0.39, 0.29) is 11.4 Å². The van der Waals surface area contributed by atoms with Crippen LogP contribution in [-0.2, 0) is 0 Å². The van der Waals surface area contributed by atoms with Crippen LogP contribution in [-0.4, -0.2) is 58.9 Å². The summed E-state index contributed by atoms with van der Waals surface area (Å²) in [6, 6.07) is 2.25. The zero-order valence-electron chi connectivity index (χ0n) is 16.6. The molecule has 3 heterocycles. The molecule has 2 aliphatic heterocycles. The van der Waals surface area contributed by atoms with E-state index >= 15 is 0 Å². The van der Waals surface area contributed by atoms with Crippen molar-refractivity contribution in [3.63, 3.8) is 0 Å². The SMILES string of the molecule is O=C(NCC1(N2CCCCC2)CCCCC1)c1ccn(C2CCCNC2)n1. The van der Waals surface area contributed by atoms with Crippen LogP contribution in [0.15, 0.2) is 12.3 Å². The molecule has 150 valence electrons. The Labute approximate surface area is 163 Å². The van der Waals surface area contributed by atoms with Crippen LogP contribution in [0.4, 0.5) is 0 Å². The van der Waals surface area contributed by atoms with Gasteiger partial charge in [0.2, 0.25) is 0 Å². The summed E-state index contributed by atoms with van der Waals surface area (Å²) in [4.78, 5) is 15.5. The Morgan fingerprint density at radius 2 is 1.93 bits per heavy atom. The van der Waals surface area contributed by atoms with Gasteiger partial charge >= 0.3 is 0 Å². The summed E-state index contributed by atoms with van der Waals surface area (Å²) in [6.07, 6.45) is 14.6. The second kappa shape index (κ2) is 8.74. The summed E-state index contributed by atoms with van der Waals surface area (Å²) < 4.78 is 1.97. The fourth-order valence-electron chi connectivity index (χ4n) is 5.24. The Kier molecular flexibility index (Phi) is 6.13. The Morgan fingerprint density at radius 3 is 2.67 bits per heavy atom. The van der Waals surface area contributed by atoms with E-state index in [1.807, 2.05) is 16.9 Å². The van der Waals surface area contributed by atoms with Crippen LogP contribution in [0.2, 0.25) is 0 Å². The van der Waals surface area contributed by atoms with E-state index in [0.717, 1.165) is 26.1 Å². The molecule has 0 bridgehead atoms. The van der Waals surface area contributed by atoms with Gasteiger partial charge in [-0.25, -0.2) is 0 Å². The first kappa shape index (κ1) is 18.9. The normalized spacial score (nSPS) is 26.6. The van der Waals surface area contributed by atoms with Crippen LogP contribution in [0.25, 0.3) is 0 Å². The maximum atomic E-state index is 12.8. The van der Waals surface area contributed by atoms with E-state index in [1.165, 1.54) is 70.9 Å². The lowest BCUT2D eigenvalue weighted by Gasteiger charge is -2.48. The number of aromatic nitrogens is 2. The number of carbonyl (C=O) groups excluding carboxylic acids is 1. The summed E-state index contributed by atoms with van der Waals surface area (Å²) in [7, 11) is 0. The minimum absolute atomic E-state index is 0.0144. The predicted octanol–water partition coefficient (Wildman–Crippen LogP) is 2.73. The topological polar surface area (TPSA) is 62.2 Å². The first-order chi connectivity index (χ1) is 13.3. The fourth-order valence-corrected chi connectivity index (χ4v) is 5.24. The number of nitrogens with one attached hydrogen (secondary N) is 2. The van der Waals surface area contributed by atoms with Crippen molar-refractivity contribution in [2.45, 2.75) is 75.8 Å². The zero-order valence-corrected chi connectivity index (χ0v) is 16.6. The second-order valence-corrected chi connectivity index (χ2v) is 8.70. The van der Waals surface area contributed by atoms with E-state index in [0.29, 0.717) is 11.7 Å². The van der Waals surface area contributed by atoms with E-state index in [2.05, 4.69) is 20.6 Å². The lowest BCUT2D eigenvalue weighted by Crippen LogP contribution is -2.58. The van der Waals surface area contributed by atoms with Crippen LogP contribution in [0.5, 0.6) is 0 Å². The van der Waals surface area contributed by atoms with Gasteiger partial charge in [-0.1, -0.05) is 25.7 Å². The highest BCUT2D eigenvalue weighted by Crippen LogP contribution is 2.35. The molecule has 3 fully saturated rings. The molecule has 2 N–H and O–H groups in total. The Bertz CT molecular complexity index is 610. The number of hydrogen-bond donors (Lipinski definition) is 2. The molecule has 6 heteroatoms. The van der Waals surface area contributed by atoms with E-state index in [1.54, 1.807) is 0 Å². The fraction of sp³-hybridized carbons (Fsp3) is 0.810. The van der Waals surface area contributed by atoms with Crippen molar-refractivity contribution in [2.24, 2.45) is 0 Å². The molecule has 0 radical (unpaired) electrons. The van der Waals surface area contributed by atoms with Crippen molar-refractivity contribution >= 4 is 5.91 Å². The largest absolute Gasteiger partial charge is 0.349 e. The summed E-state index contributed by atoms with van der Waals surface area (Å²) in [5.41, 5.74) is 0.731. The van der Waals surface area contributed by atoms with Gasteiger partial charge in [0.25, 0.3) is 5.91 Å². The summed E-state index contributed by atoms with van der Waals surface area (Å²) >= 11 is 0. The average molecular weight is 374 g/mol. The van der Waals surface area contributed by atoms with Gasteiger partial charge in [0.15, 0.2) is 0 Å². The van der Waals surface area contributed by atoms with Crippen LogP contribution >= 0.6 is 0 Å². The molecule has 6 nitrogen and oxygen atoms in total. The molecule has 4 rings (SSSR count). The molecule has 1 atom stereocenters. The Morgan fingerprint density at radius 1 is 1.15 bits per heavy atom. The molecule has 0 aromatic carbocycles. The highest BCUT2D eigenvalue weighted by molar-refractivity contribution is 5.92. The highest BCUT2D eigenvalue weighted by Gasteiger charge is 2.38. The lowest BCUT2D eigenvalue weighted by atomic mass is 9.79. The van der Waals surface area contributed by atoms with E-state index in [4.69, 9.17) is 0 Å². The molecule has 3 aliphatic rings. The van der Waals surface area contributed by atoms with Crippen molar-refractivity contribution in [3.8, 4) is 0 Å². The van der Waals surface area contributed by atoms with E-state index in [9.17, 15) is 4.79 Å². The van der Waals surface area contributed by atoms with E-state index < -0.39 is 0 Å². The van der Waals surface area contributed by atoms with Gasteiger partial charge < -0.3 is 10.6 Å². The molecule has 1 aromatic rings. The van der Waals surface area contributed by atoms with Crippen LogP contribution in [0.1, 0.15) is 80.7 Å². The monoisotopic (exact) mass is 373 g/mol. The summed E-state index contributed by atoms with van der Waals surface area (Å²) in [5, 5.41) is 11.2. The van der Waals surface area contributed by atoms with Crippen LogP contribution in [0.3, 0.4) is 0 Å². The van der Waals surface area contributed by atoms with Crippen molar-refractivity contribution in [2.75, 3.05) is 32.7 Å². The highest BCUT2D eigenvalue weighted by atomic mass is 16.2. The van der Waals surface area contributed by atoms with Gasteiger partial charge in [-0.3, -0.25) is 14.4 Å². The third-order valence-electron chi connectivity index (χ3n) is 6.88. The minimum atomic E-state index is -0.0144. The van der Waals surface area contributed by atoms with Crippen molar-refractivity contribution in [3.05, 3.63) is 18.0 Å². The maximum absolute atomic E-state index is 12.8. The average Bonchev–Trinajstić information content (AvgIpc) is 3.24. The van der Waals surface area contributed by atoms with Gasteiger partial charge in [0, 0.05) is 24.8 Å². The number of hydrogen-bond acceptors (Lipinski definition) is 4.